The Labute approximate surface area is 343 Å². The maximum Gasteiger partial charge on any atom is 0.333 e. The Morgan fingerprint density at radius 1 is 0.719 bits per heavy atom. The maximum atomic E-state index is 13.5. The first-order chi connectivity index (χ1) is 27.4. The van der Waals surface area contributed by atoms with E-state index in [-0.39, 0.29) is 30.2 Å². The van der Waals surface area contributed by atoms with Gasteiger partial charge in [0.25, 0.3) is 0 Å². The van der Waals surface area contributed by atoms with Gasteiger partial charge in [-0.25, -0.2) is 10.1 Å². The standard InChI is InChI=1S/C40H72O16S/c1-6-8-9-10-11-12-13-14-15-16-17-18-19-21-31(43)51-37-35(52-38(47)28(5)23-27(4)22-26(3)20-7-2)33(45)30(25-42)50-40(37)53-39-36(54-57-56-55-48)34(46)32(44)29(24-41)49-39/h23,26-27,29-30,32-37,39-42,44-46,48H,6-22,24-25H2,1-5H3/t26-,27-,29?,30?,32?,33?,34?,35?,36?,37?,39?,40?/m0/s1. The molecule has 0 aromatic carbocycles. The molecule has 2 saturated heterocycles. The molecule has 0 spiro atoms. The smallest absolute Gasteiger partial charge is 0.333 e. The van der Waals surface area contributed by atoms with Crippen molar-refractivity contribution in [2.45, 2.75) is 205 Å². The van der Waals surface area contributed by atoms with Crippen molar-refractivity contribution in [3.8, 4) is 0 Å². The van der Waals surface area contributed by atoms with Gasteiger partial charge in [-0.2, -0.15) is 0 Å². The highest BCUT2D eigenvalue weighted by Gasteiger charge is 2.54. The number of esters is 2. The minimum absolute atomic E-state index is 0.00581. The highest BCUT2D eigenvalue weighted by Crippen LogP contribution is 2.34. The lowest BCUT2D eigenvalue weighted by Crippen LogP contribution is -2.65. The average Bonchev–Trinajstić information content (AvgIpc) is 3.18. The first kappa shape index (κ1) is 51.7. The first-order valence-electron chi connectivity index (χ1n) is 21.0. The number of allylic oxidation sites excluding steroid dienone is 1. The molecule has 2 aliphatic rings. The Hall–Kier alpha value is -1.45. The first-order valence-corrected chi connectivity index (χ1v) is 21.7. The Morgan fingerprint density at radius 3 is 1.81 bits per heavy atom. The molecule has 2 fully saturated rings. The summed E-state index contributed by atoms with van der Waals surface area (Å²) in [4.78, 5) is 26.9. The van der Waals surface area contributed by atoms with E-state index in [0.29, 0.717) is 12.3 Å². The van der Waals surface area contributed by atoms with Gasteiger partial charge >= 0.3 is 11.9 Å². The van der Waals surface area contributed by atoms with Crippen LogP contribution < -0.4 is 0 Å². The molecule has 6 N–H and O–H groups in total. The summed E-state index contributed by atoms with van der Waals surface area (Å²) in [5.41, 5.74) is 0.259. The van der Waals surface area contributed by atoms with Crippen molar-refractivity contribution in [1.82, 2.24) is 0 Å². The van der Waals surface area contributed by atoms with Crippen molar-refractivity contribution < 1.29 is 77.6 Å². The summed E-state index contributed by atoms with van der Waals surface area (Å²) in [6.07, 6.45) is 3.16. The van der Waals surface area contributed by atoms with Crippen LogP contribution in [0.4, 0.5) is 0 Å². The average molecular weight is 841 g/mol. The SMILES string of the molecule is CCCCCCCCCCCCCCCC(=O)OC1C(OC2OC(CO)C(O)C(O)C2OSOOO)OC(CO)C(O)C1OC(=O)C(C)=C[C@@H](C)C[C@@H](C)CCC. The van der Waals surface area contributed by atoms with E-state index in [4.69, 9.17) is 33.1 Å². The molecule has 16 nitrogen and oxygen atoms in total. The summed E-state index contributed by atoms with van der Waals surface area (Å²) < 4.78 is 38.7. The van der Waals surface area contributed by atoms with Crippen LogP contribution in [0.2, 0.25) is 0 Å². The number of aliphatic hydroxyl groups is 5. The molecule has 57 heavy (non-hydrogen) atoms. The van der Waals surface area contributed by atoms with Crippen LogP contribution >= 0.6 is 12.3 Å². The van der Waals surface area contributed by atoms with Gasteiger partial charge in [0.1, 0.15) is 30.5 Å². The number of carbonyl (C=O) groups excluding carboxylic acids is 2. The highest BCUT2D eigenvalue weighted by atomic mass is 32.2. The predicted molar refractivity (Wildman–Crippen MR) is 210 cm³/mol. The van der Waals surface area contributed by atoms with Gasteiger partial charge in [-0.05, 0) is 31.6 Å². The molecule has 0 radical (unpaired) electrons. The number of hydrogen-bond donors (Lipinski definition) is 6. The molecule has 10 unspecified atom stereocenters. The molecule has 2 aliphatic heterocycles. The van der Waals surface area contributed by atoms with Gasteiger partial charge in [0.15, 0.2) is 36.9 Å². The van der Waals surface area contributed by atoms with Crippen molar-refractivity contribution in [3.05, 3.63) is 11.6 Å². The van der Waals surface area contributed by atoms with E-state index >= 15 is 0 Å². The summed E-state index contributed by atoms with van der Waals surface area (Å²) in [5, 5.41) is 64.7. The quantitative estimate of drug-likeness (QED) is 0.0129. The maximum absolute atomic E-state index is 13.5. The van der Waals surface area contributed by atoms with Gasteiger partial charge in [-0.1, -0.05) is 129 Å². The summed E-state index contributed by atoms with van der Waals surface area (Å²) >= 11 is 0.0547. The number of ether oxygens (including phenoxy) is 5. The topological polar surface area (TPSA) is 229 Å². The zero-order chi connectivity index (χ0) is 42.2. The Kier molecular flexibility index (Phi) is 27.0. The molecule has 0 saturated carbocycles. The van der Waals surface area contributed by atoms with Crippen LogP contribution in [0.1, 0.15) is 144 Å². The Bertz CT molecular complexity index is 1120. The second-order valence-corrected chi connectivity index (χ2v) is 16.1. The minimum Gasteiger partial charge on any atom is -0.453 e. The van der Waals surface area contributed by atoms with E-state index in [1.165, 1.54) is 51.4 Å². The molecule has 17 heteroatoms. The number of carbonyl (C=O) groups is 2. The molecule has 0 amide bonds. The zero-order valence-electron chi connectivity index (χ0n) is 34.6. The van der Waals surface area contributed by atoms with Gasteiger partial charge in [0.2, 0.25) is 6.29 Å². The Balaban J connectivity index is 2.22. The summed E-state index contributed by atoms with van der Waals surface area (Å²) in [6, 6.07) is 0. The lowest BCUT2D eigenvalue weighted by molar-refractivity contribution is -0.435. The fourth-order valence-electron chi connectivity index (χ4n) is 7.41. The van der Waals surface area contributed by atoms with E-state index in [9.17, 15) is 35.1 Å². The van der Waals surface area contributed by atoms with Crippen molar-refractivity contribution >= 4 is 24.3 Å². The van der Waals surface area contributed by atoms with Crippen molar-refractivity contribution in [2.75, 3.05) is 13.2 Å². The van der Waals surface area contributed by atoms with Gasteiger partial charge in [-0.3, -0.25) is 8.98 Å². The van der Waals surface area contributed by atoms with Gasteiger partial charge in [0, 0.05) is 12.0 Å². The molecular formula is C40H72O16S. The molecule has 12 atom stereocenters. The third-order valence-corrected chi connectivity index (χ3v) is 10.9. The lowest BCUT2D eigenvalue weighted by Gasteiger charge is -2.46. The van der Waals surface area contributed by atoms with Crippen LogP contribution in [-0.4, -0.2) is 117 Å². The van der Waals surface area contributed by atoms with E-state index in [1.54, 1.807) is 13.0 Å². The minimum atomic E-state index is -1.77. The Morgan fingerprint density at radius 2 is 1.26 bits per heavy atom. The largest absolute Gasteiger partial charge is 0.453 e. The number of aliphatic hydroxyl groups excluding tert-OH is 5. The summed E-state index contributed by atoms with van der Waals surface area (Å²) in [6.45, 7) is 8.53. The van der Waals surface area contributed by atoms with Gasteiger partial charge in [0.05, 0.1) is 13.2 Å². The van der Waals surface area contributed by atoms with E-state index in [1.807, 2.05) is 6.92 Å². The second-order valence-electron chi connectivity index (χ2n) is 15.6. The molecular weight excluding hydrogens is 768 g/mol. The number of rotatable bonds is 30. The summed E-state index contributed by atoms with van der Waals surface area (Å²) in [7, 11) is 0. The third-order valence-electron chi connectivity index (χ3n) is 10.5. The highest BCUT2D eigenvalue weighted by molar-refractivity contribution is 7.89. The van der Waals surface area contributed by atoms with E-state index in [0.717, 1.165) is 44.9 Å². The number of unbranched alkanes of at least 4 members (excludes halogenated alkanes) is 12. The van der Waals surface area contributed by atoms with Crippen molar-refractivity contribution in [1.29, 1.82) is 0 Å². The number of hydrogen-bond acceptors (Lipinski definition) is 17. The molecule has 2 rings (SSSR count). The van der Waals surface area contributed by atoms with E-state index < -0.39 is 86.6 Å². The van der Waals surface area contributed by atoms with Crippen LogP contribution in [0.5, 0.6) is 0 Å². The third kappa shape index (κ3) is 18.8. The molecule has 0 aromatic rings. The predicted octanol–water partition coefficient (Wildman–Crippen LogP) is 5.60. The molecule has 2 heterocycles. The van der Waals surface area contributed by atoms with Gasteiger partial charge < -0.3 is 49.2 Å². The molecule has 0 aliphatic carbocycles. The molecule has 334 valence electrons. The molecule has 0 aromatic heterocycles. The summed E-state index contributed by atoms with van der Waals surface area (Å²) in [5.74, 6) is -1.01. The normalized spacial score (nSPS) is 29.2. The van der Waals surface area contributed by atoms with Gasteiger partial charge in [-0.15, -0.1) is 4.33 Å². The van der Waals surface area contributed by atoms with E-state index in [2.05, 4.69) is 30.1 Å². The fourth-order valence-corrected chi connectivity index (χ4v) is 7.76. The second kappa shape index (κ2) is 29.7. The van der Waals surface area contributed by atoms with Crippen molar-refractivity contribution in [3.63, 3.8) is 0 Å². The monoisotopic (exact) mass is 840 g/mol. The zero-order valence-corrected chi connectivity index (χ0v) is 35.4. The van der Waals surface area contributed by atoms with Crippen LogP contribution in [0.15, 0.2) is 11.6 Å². The molecule has 0 bridgehead atoms. The van der Waals surface area contributed by atoms with Crippen LogP contribution in [0, 0.1) is 11.8 Å². The van der Waals surface area contributed by atoms with Crippen LogP contribution in [0.3, 0.4) is 0 Å². The fraction of sp³-hybridized carbons (Fsp3) is 0.900. The lowest BCUT2D eigenvalue weighted by atomic mass is 9.92. The van der Waals surface area contributed by atoms with Crippen molar-refractivity contribution in [2.24, 2.45) is 11.8 Å². The van der Waals surface area contributed by atoms with Crippen LogP contribution in [0.25, 0.3) is 0 Å². The van der Waals surface area contributed by atoms with Crippen LogP contribution in [-0.2, 0) is 46.8 Å².